The Morgan fingerprint density at radius 2 is 2.03 bits per heavy atom. The first kappa shape index (κ1) is 22.3. The number of aromatic nitrogens is 3. The highest BCUT2D eigenvalue weighted by molar-refractivity contribution is 7.99. The SMILES string of the molecule is Cc1nc(SCC(=O)Nc2c(C#N)c(C)c(C)n2Cc2ccco2)n(C2CCCC2)c1C. The number of aryl methyl sites for hydroxylation is 1. The molecule has 0 atom stereocenters. The van der Waals surface area contributed by atoms with Gasteiger partial charge >= 0.3 is 0 Å². The normalized spacial score (nSPS) is 14.1. The van der Waals surface area contributed by atoms with E-state index in [9.17, 15) is 10.1 Å². The number of furan rings is 1. The molecule has 1 saturated carbocycles. The van der Waals surface area contributed by atoms with Crippen LogP contribution >= 0.6 is 11.8 Å². The van der Waals surface area contributed by atoms with Crippen LogP contribution in [0.2, 0.25) is 0 Å². The number of carbonyl (C=O) groups excluding carboxylic acids is 1. The molecule has 8 heteroatoms. The summed E-state index contributed by atoms with van der Waals surface area (Å²) in [5.74, 6) is 1.37. The van der Waals surface area contributed by atoms with Gasteiger partial charge in [0, 0.05) is 17.4 Å². The second-order valence-electron chi connectivity index (χ2n) is 8.42. The number of nitriles is 1. The summed E-state index contributed by atoms with van der Waals surface area (Å²) in [6.45, 7) is 8.44. The quantitative estimate of drug-likeness (QED) is 0.494. The summed E-state index contributed by atoms with van der Waals surface area (Å²) in [7, 11) is 0. The molecule has 7 nitrogen and oxygen atoms in total. The molecule has 1 amide bonds. The van der Waals surface area contributed by atoms with Crippen molar-refractivity contribution in [2.45, 2.75) is 71.1 Å². The van der Waals surface area contributed by atoms with Gasteiger partial charge in [0.15, 0.2) is 5.16 Å². The van der Waals surface area contributed by atoms with E-state index in [0.29, 0.717) is 24.0 Å². The summed E-state index contributed by atoms with van der Waals surface area (Å²) in [5, 5.41) is 13.6. The fourth-order valence-electron chi connectivity index (χ4n) is 4.47. The largest absolute Gasteiger partial charge is 0.467 e. The number of nitrogens with zero attached hydrogens (tertiary/aromatic N) is 4. The van der Waals surface area contributed by atoms with E-state index in [0.717, 1.165) is 27.9 Å². The third-order valence-electron chi connectivity index (χ3n) is 6.47. The monoisotopic (exact) mass is 451 g/mol. The van der Waals surface area contributed by atoms with Gasteiger partial charge in [-0.25, -0.2) is 4.98 Å². The van der Waals surface area contributed by atoms with E-state index in [1.54, 1.807) is 6.26 Å². The molecule has 1 aliphatic carbocycles. The minimum Gasteiger partial charge on any atom is -0.467 e. The van der Waals surface area contributed by atoms with Crippen LogP contribution in [0, 0.1) is 39.0 Å². The maximum Gasteiger partial charge on any atom is 0.235 e. The lowest BCUT2D eigenvalue weighted by atomic mass is 10.2. The molecule has 0 aliphatic heterocycles. The highest BCUT2D eigenvalue weighted by atomic mass is 32.2. The van der Waals surface area contributed by atoms with Gasteiger partial charge in [-0.1, -0.05) is 24.6 Å². The number of amides is 1. The van der Waals surface area contributed by atoms with E-state index in [1.807, 2.05) is 37.5 Å². The van der Waals surface area contributed by atoms with Crippen molar-refractivity contribution >= 4 is 23.5 Å². The number of thioether (sulfide) groups is 1. The zero-order valence-electron chi connectivity index (χ0n) is 19.1. The minimum absolute atomic E-state index is 0.152. The summed E-state index contributed by atoms with van der Waals surface area (Å²) in [6.07, 6.45) is 6.45. The zero-order valence-corrected chi connectivity index (χ0v) is 19.9. The van der Waals surface area contributed by atoms with E-state index in [4.69, 9.17) is 9.40 Å². The van der Waals surface area contributed by atoms with Gasteiger partial charge < -0.3 is 18.9 Å². The minimum atomic E-state index is -0.152. The molecule has 0 saturated heterocycles. The van der Waals surface area contributed by atoms with Gasteiger partial charge in [0.25, 0.3) is 0 Å². The van der Waals surface area contributed by atoms with Crippen LogP contribution in [0.4, 0.5) is 5.82 Å². The van der Waals surface area contributed by atoms with E-state index >= 15 is 0 Å². The average Bonchev–Trinajstić information content (AvgIpc) is 3.55. The smallest absolute Gasteiger partial charge is 0.235 e. The number of hydrogen-bond donors (Lipinski definition) is 1. The Hall–Kier alpha value is -2.92. The van der Waals surface area contributed by atoms with Gasteiger partial charge in [0.2, 0.25) is 5.91 Å². The average molecular weight is 452 g/mol. The van der Waals surface area contributed by atoms with Crippen LogP contribution in [0.15, 0.2) is 28.0 Å². The van der Waals surface area contributed by atoms with Crippen LogP contribution in [0.25, 0.3) is 0 Å². The third-order valence-corrected chi connectivity index (χ3v) is 7.42. The Morgan fingerprint density at radius 1 is 1.28 bits per heavy atom. The maximum atomic E-state index is 12.9. The van der Waals surface area contributed by atoms with Crippen LogP contribution in [-0.4, -0.2) is 25.8 Å². The van der Waals surface area contributed by atoms with Crippen molar-refractivity contribution < 1.29 is 9.21 Å². The molecule has 1 aliphatic rings. The Morgan fingerprint density at radius 3 is 2.69 bits per heavy atom. The van der Waals surface area contributed by atoms with E-state index in [1.165, 1.54) is 43.1 Å². The summed E-state index contributed by atoms with van der Waals surface area (Å²) in [5.41, 5.74) is 4.50. The van der Waals surface area contributed by atoms with Gasteiger partial charge in [-0.05, 0) is 58.2 Å². The molecule has 32 heavy (non-hydrogen) atoms. The number of nitrogens with one attached hydrogen (secondary N) is 1. The van der Waals surface area contributed by atoms with Crippen molar-refractivity contribution in [1.82, 2.24) is 14.1 Å². The topological polar surface area (TPSA) is 88.8 Å². The number of imidazole rings is 1. The van der Waals surface area contributed by atoms with Crippen LogP contribution < -0.4 is 5.32 Å². The molecule has 0 bridgehead atoms. The van der Waals surface area contributed by atoms with Gasteiger partial charge in [-0.3, -0.25) is 4.79 Å². The Kier molecular flexibility index (Phi) is 6.47. The van der Waals surface area contributed by atoms with Crippen molar-refractivity contribution in [2.24, 2.45) is 0 Å². The summed E-state index contributed by atoms with van der Waals surface area (Å²) >= 11 is 1.46. The van der Waals surface area contributed by atoms with E-state index in [2.05, 4.69) is 22.9 Å². The predicted molar refractivity (Wildman–Crippen MR) is 125 cm³/mol. The first-order chi connectivity index (χ1) is 15.4. The molecule has 168 valence electrons. The zero-order chi connectivity index (χ0) is 22.8. The molecule has 1 N–H and O–H groups in total. The molecular weight excluding hydrogens is 422 g/mol. The number of rotatable bonds is 7. The molecule has 3 aromatic heterocycles. The second-order valence-corrected chi connectivity index (χ2v) is 9.36. The first-order valence-electron chi connectivity index (χ1n) is 11.0. The molecule has 3 heterocycles. The molecule has 0 spiro atoms. The number of carbonyl (C=O) groups is 1. The van der Waals surface area contributed by atoms with Crippen LogP contribution in [-0.2, 0) is 11.3 Å². The van der Waals surface area contributed by atoms with Crippen LogP contribution in [0.3, 0.4) is 0 Å². The Bertz CT molecular complexity index is 1160. The van der Waals surface area contributed by atoms with Gasteiger partial charge in [0.05, 0.1) is 29.8 Å². The molecule has 4 rings (SSSR count). The van der Waals surface area contributed by atoms with Gasteiger partial charge in [-0.2, -0.15) is 5.26 Å². The number of anilines is 1. The molecule has 0 unspecified atom stereocenters. The first-order valence-corrected chi connectivity index (χ1v) is 12.0. The molecular formula is C24H29N5O2S. The van der Waals surface area contributed by atoms with Crippen LogP contribution in [0.1, 0.15) is 65.7 Å². The van der Waals surface area contributed by atoms with Gasteiger partial charge in [-0.15, -0.1) is 0 Å². The molecule has 3 aromatic rings. The van der Waals surface area contributed by atoms with Gasteiger partial charge in [0.1, 0.15) is 17.6 Å². The summed E-state index contributed by atoms with van der Waals surface area (Å²) in [4.78, 5) is 17.7. The molecule has 0 radical (unpaired) electrons. The Balaban J connectivity index is 1.52. The Labute approximate surface area is 192 Å². The van der Waals surface area contributed by atoms with Crippen molar-refractivity contribution in [2.75, 3.05) is 11.1 Å². The van der Waals surface area contributed by atoms with Crippen molar-refractivity contribution in [3.8, 4) is 6.07 Å². The lowest BCUT2D eigenvalue weighted by Gasteiger charge is -2.17. The highest BCUT2D eigenvalue weighted by Crippen LogP contribution is 2.35. The van der Waals surface area contributed by atoms with Crippen molar-refractivity contribution in [1.29, 1.82) is 5.26 Å². The number of hydrogen-bond acceptors (Lipinski definition) is 5. The van der Waals surface area contributed by atoms with Crippen molar-refractivity contribution in [3.05, 3.63) is 52.4 Å². The van der Waals surface area contributed by atoms with Crippen molar-refractivity contribution in [3.63, 3.8) is 0 Å². The van der Waals surface area contributed by atoms with E-state index < -0.39 is 0 Å². The third kappa shape index (κ3) is 4.22. The van der Waals surface area contributed by atoms with Crippen LogP contribution in [0.5, 0.6) is 0 Å². The lowest BCUT2D eigenvalue weighted by molar-refractivity contribution is -0.113. The standard InChI is InChI=1S/C24H29N5O2S/c1-15-17(3)28(13-20-10-7-11-31-20)23(21(15)12-25)27-22(30)14-32-24-26-16(2)18(4)29(24)19-8-5-6-9-19/h7,10-11,19H,5-6,8-9,13-14H2,1-4H3,(H,27,30). The lowest BCUT2D eigenvalue weighted by Crippen LogP contribution is -2.19. The molecule has 0 aromatic carbocycles. The maximum absolute atomic E-state index is 12.9. The second kappa shape index (κ2) is 9.29. The summed E-state index contributed by atoms with van der Waals surface area (Å²) in [6, 6.07) is 6.44. The predicted octanol–water partition coefficient (Wildman–Crippen LogP) is 5.28. The fourth-order valence-corrected chi connectivity index (χ4v) is 5.43. The molecule has 1 fully saturated rings. The fraction of sp³-hybridized carbons (Fsp3) is 0.458. The summed E-state index contributed by atoms with van der Waals surface area (Å²) < 4.78 is 9.73. The highest BCUT2D eigenvalue weighted by Gasteiger charge is 2.24. The van der Waals surface area contributed by atoms with E-state index in [-0.39, 0.29) is 11.7 Å².